The van der Waals surface area contributed by atoms with E-state index in [4.69, 9.17) is 9.47 Å². The molecular formula is C37H47N5O5. The van der Waals surface area contributed by atoms with Crippen molar-refractivity contribution < 1.29 is 19.1 Å². The predicted octanol–water partition coefficient (Wildman–Crippen LogP) is 4.35. The van der Waals surface area contributed by atoms with Crippen molar-refractivity contribution in [2.75, 3.05) is 57.9 Å². The lowest BCUT2D eigenvalue weighted by Gasteiger charge is -2.32. The van der Waals surface area contributed by atoms with Crippen molar-refractivity contribution in [1.82, 2.24) is 20.1 Å². The van der Waals surface area contributed by atoms with E-state index in [-0.39, 0.29) is 30.0 Å². The van der Waals surface area contributed by atoms with Crippen LogP contribution in [0, 0.1) is 20.8 Å². The molecule has 3 aromatic rings. The van der Waals surface area contributed by atoms with Gasteiger partial charge in [0.25, 0.3) is 11.5 Å². The molecule has 10 heteroatoms. The molecule has 0 spiro atoms. The van der Waals surface area contributed by atoms with Crippen LogP contribution in [0.2, 0.25) is 0 Å². The first-order valence-electron chi connectivity index (χ1n) is 16.4. The third kappa shape index (κ3) is 7.60. The summed E-state index contributed by atoms with van der Waals surface area (Å²) >= 11 is 0. The molecule has 1 atom stereocenters. The SMILES string of the molecule is C=CC(=O)N1CCC(N(CC)c2cc(-c3ccc(CN4CCOCC4)c(OC)c3)cc(C(=O)NCc3c(C)cc(C)[nH]c3=O)c2C)C1. The zero-order chi connectivity index (χ0) is 33.7. The highest BCUT2D eigenvalue weighted by Crippen LogP contribution is 2.36. The maximum atomic E-state index is 13.9. The van der Waals surface area contributed by atoms with Crippen molar-refractivity contribution in [1.29, 1.82) is 0 Å². The van der Waals surface area contributed by atoms with Gasteiger partial charge in [0, 0.05) is 79.9 Å². The lowest BCUT2D eigenvalue weighted by atomic mass is 9.95. The van der Waals surface area contributed by atoms with Crippen LogP contribution in [0.3, 0.4) is 0 Å². The van der Waals surface area contributed by atoms with E-state index in [1.165, 1.54) is 6.08 Å². The molecule has 0 radical (unpaired) electrons. The number of hydrogen-bond acceptors (Lipinski definition) is 7. The van der Waals surface area contributed by atoms with Crippen LogP contribution in [0.5, 0.6) is 5.75 Å². The Kier molecular flexibility index (Phi) is 10.8. The molecule has 0 saturated carbocycles. The van der Waals surface area contributed by atoms with Crippen molar-refractivity contribution in [2.24, 2.45) is 0 Å². The molecule has 2 aliphatic heterocycles. The van der Waals surface area contributed by atoms with Crippen molar-refractivity contribution in [3.63, 3.8) is 0 Å². The quantitative estimate of drug-likeness (QED) is 0.300. The minimum absolute atomic E-state index is 0.0697. The van der Waals surface area contributed by atoms with Gasteiger partial charge in [-0.25, -0.2) is 0 Å². The third-order valence-electron chi connectivity index (χ3n) is 9.40. The maximum absolute atomic E-state index is 13.9. The van der Waals surface area contributed by atoms with Crippen LogP contribution >= 0.6 is 0 Å². The Hall–Kier alpha value is -4.41. The van der Waals surface area contributed by atoms with E-state index < -0.39 is 0 Å². The Morgan fingerprint density at radius 2 is 1.87 bits per heavy atom. The largest absolute Gasteiger partial charge is 0.496 e. The normalized spacial score (nSPS) is 16.6. The minimum Gasteiger partial charge on any atom is -0.496 e. The smallest absolute Gasteiger partial charge is 0.253 e. The molecule has 1 aromatic heterocycles. The van der Waals surface area contributed by atoms with Gasteiger partial charge in [-0.05, 0) is 86.7 Å². The second-order valence-corrected chi connectivity index (χ2v) is 12.4. The molecule has 2 aromatic carbocycles. The van der Waals surface area contributed by atoms with Gasteiger partial charge in [0.15, 0.2) is 0 Å². The average molecular weight is 642 g/mol. The summed E-state index contributed by atoms with van der Waals surface area (Å²) in [4.78, 5) is 48.3. The molecule has 2 saturated heterocycles. The number of carbonyl (C=O) groups is 2. The number of nitrogens with zero attached hydrogens (tertiary/aromatic N) is 3. The number of aromatic amines is 1. The van der Waals surface area contributed by atoms with Gasteiger partial charge in [-0.2, -0.15) is 0 Å². The molecule has 2 aliphatic rings. The Labute approximate surface area is 277 Å². The van der Waals surface area contributed by atoms with E-state index in [9.17, 15) is 14.4 Å². The second-order valence-electron chi connectivity index (χ2n) is 12.4. The number of aryl methyl sites for hydroxylation is 2. The fourth-order valence-electron chi connectivity index (χ4n) is 6.77. The Bertz CT molecular complexity index is 1690. The molecule has 2 fully saturated rings. The van der Waals surface area contributed by atoms with E-state index in [0.29, 0.717) is 30.8 Å². The molecular weight excluding hydrogens is 594 g/mol. The highest BCUT2D eigenvalue weighted by molar-refractivity contribution is 5.99. The summed E-state index contributed by atoms with van der Waals surface area (Å²) in [6, 6.07) is 12.3. The first-order valence-corrected chi connectivity index (χ1v) is 16.4. The van der Waals surface area contributed by atoms with Gasteiger partial charge in [-0.1, -0.05) is 18.7 Å². The lowest BCUT2D eigenvalue weighted by molar-refractivity contribution is -0.125. The van der Waals surface area contributed by atoms with Crippen LogP contribution in [-0.4, -0.2) is 85.7 Å². The summed E-state index contributed by atoms with van der Waals surface area (Å²) in [5, 5.41) is 3.01. The number of aromatic nitrogens is 1. The van der Waals surface area contributed by atoms with E-state index in [1.54, 1.807) is 7.11 Å². The molecule has 3 heterocycles. The minimum atomic E-state index is -0.258. The number of anilines is 1. The number of hydrogen-bond donors (Lipinski definition) is 2. The number of nitrogens with one attached hydrogen (secondary N) is 2. The monoisotopic (exact) mass is 641 g/mol. The number of ether oxygens (including phenoxy) is 2. The van der Waals surface area contributed by atoms with Crippen LogP contribution in [0.1, 0.15) is 51.7 Å². The molecule has 250 valence electrons. The number of likely N-dealkylation sites (N-methyl/N-ethyl adjacent to an activating group) is 1. The molecule has 5 rings (SSSR count). The number of H-pyrrole nitrogens is 1. The summed E-state index contributed by atoms with van der Waals surface area (Å²) in [6.45, 7) is 17.5. The number of morpholine rings is 1. The van der Waals surface area contributed by atoms with E-state index in [0.717, 1.165) is 84.2 Å². The topological polar surface area (TPSA) is 107 Å². The van der Waals surface area contributed by atoms with Crippen LogP contribution < -0.4 is 20.5 Å². The fraction of sp³-hybridized carbons (Fsp3) is 0.432. The molecule has 0 aliphatic carbocycles. The number of likely N-dealkylation sites (tertiary alicyclic amines) is 1. The number of amides is 2. The lowest BCUT2D eigenvalue weighted by Crippen LogP contribution is -2.39. The predicted molar refractivity (Wildman–Crippen MR) is 185 cm³/mol. The fourth-order valence-corrected chi connectivity index (χ4v) is 6.77. The van der Waals surface area contributed by atoms with Crippen molar-refractivity contribution >= 4 is 17.5 Å². The van der Waals surface area contributed by atoms with Crippen LogP contribution in [0.25, 0.3) is 11.1 Å². The molecule has 2 N–H and O–H groups in total. The zero-order valence-corrected chi connectivity index (χ0v) is 28.3. The van der Waals surface area contributed by atoms with Gasteiger partial charge >= 0.3 is 0 Å². The van der Waals surface area contributed by atoms with Gasteiger partial charge in [-0.3, -0.25) is 19.3 Å². The highest BCUT2D eigenvalue weighted by atomic mass is 16.5. The van der Waals surface area contributed by atoms with Gasteiger partial charge in [0.2, 0.25) is 5.91 Å². The van der Waals surface area contributed by atoms with Gasteiger partial charge in [0.05, 0.1) is 20.3 Å². The molecule has 2 amide bonds. The molecule has 10 nitrogen and oxygen atoms in total. The van der Waals surface area contributed by atoms with Crippen LogP contribution in [0.15, 0.2) is 53.8 Å². The summed E-state index contributed by atoms with van der Waals surface area (Å²) in [5.74, 6) is 0.462. The summed E-state index contributed by atoms with van der Waals surface area (Å²) in [6.07, 6.45) is 2.18. The van der Waals surface area contributed by atoms with Crippen molar-refractivity contribution in [3.05, 3.63) is 92.9 Å². The van der Waals surface area contributed by atoms with Gasteiger partial charge in [0.1, 0.15) is 5.75 Å². The van der Waals surface area contributed by atoms with E-state index >= 15 is 0 Å². The first kappa shape index (κ1) is 33.9. The average Bonchev–Trinajstić information content (AvgIpc) is 3.55. The third-order valence-corrected chi connectivity index (χ3v) is 9.40. The summed E-state index contributed by atoms with van der Waals surface area (Å²) in [5.41, 5.74) is 7.16. The zero-order valence-electron chi connectivity index (χ0n) is 28.3. The number of rotatable bonds is 11. The van der Waals surface area contributed by atoms with Crippen molar-refractivity contribution in [3.8, 4) is 16.9 Å². The first-order chi connectivity index (χ1) is 22.6. The van der Waals surface area contributed by atoms with Crippen molar-refractivity contribution in [2.45, 2.75) is 53.2 Å². The van der Waals surface area contributed by atoms with Crippen LogP contribution in [0.4, 0.5) is 5.69 Å². The Morgan fingerprint density at radius 3 is 2.55 bits per heavy atom. The number of pyridine rings is 1. The standard InChI is InChI=1S/C37H47N5O5/c1-7-35(43)41-12-11-30(23-41)42(8-2)33-19-29(27-9-10-28(34(20-27)46-6)22-40-13-15-47-16-14-40)18-31(26(33)5)36(44)38-21-32-24(3)17-25(4)39-37(32)45/h7,9-10,17-20,30H,1,8,11-16,21-23H2,2-6H3,(H,38,44)(H,39,45). The molecule has 0 bridgehead atoms. The highest BCUT2D eigenvalue weighted by Gasteiger charge is 2.31. The Balaban J connectivity index is 1.52. The number of carbonyl (C=O) groups excluding carboxylic acids is 2. The van der Waals surface area contributed by atoms with Gasteiger partial charge < -0.3 is 29.6 Å². The van der Waals surface area contributed by atoms with E-state index in [1.807, 2.05) is 43.9 Å². The van der Waals surface area contributed by atoms with Gasteiger partial charge in [-0.15, -0.1) is 0 Å². The van der Waals surface area contributed by atoms with Crippen LogP contribution in [-0.2, 0) is 22.6 Å². The maximum Gasteiger partial charge on any atom is 0.253 e. The van der Waals surface area contributed by atoms with E-state index in [2.05, 4.69) is 51.8 Å². The summed E-state index contributed by atoms with van der Waals surface area (Å²) in [7, 11) is 1.69. The number of benzene rings is 2. The number of methoxy groups -OCH3 is 1. The second kappa shape index (κ2) is 15.0. The molecule has 47 heavy (non-hydrogen) atoms. The Morgan fingerprint density at radius 1 is 1.11 bits per heavy atom. The molecule has 1 unspecified atom stereocenters. The summed E-state index contributed by atoms with van der Waals surface area (Å²) < 4.78 is 11.4.